The Morgan fingerprint density at radius 2 is 1.95 bits per heavy atom. The van der Waals surface area contributed by atoms with Gasteiger partial charge in [0.15, 0.2) is 0 Å². The summed E-state index contributed by atoms with van der Waals surface area (Å²) in [7, 11) is 0. The Morgan fingerprint density at radius 3 is 2.76 bits per heavy atom. The van der Waals surface area contributed by atoms with E-state index in [2.05, 4.69) is 26.2 Å². The van der Waals surface area contributed by atoms with E-state index in [1.165, 1.54) is 0 Å². The highest BCUT2D eigenvalue weighted by Crippen LogP contribution is 2.26. The molecule has 106 valence electrons. The third-order valence-electron chi connectivity index (χ3n) is 3.16. The van der Waals surface area contributed by atoms with Crippen molar-refractivity contribution in [3.8, 4) is 0 Å². The van der Waals surface area contributed by atoms with Crippen molar-refractivity contribution in [2.24, 2.45) is 0 Å². The van der Waals surface area contributed by atoms with E-state index in [1.54, 1.807) is 12.3 Å². The quantitative estimate of drug-likeness (QED) is 0.609. The molecule has 3 rings (SSSR count). The van der Waals surface area contributed by atoms with Crippen LogP contribution in [0.3, 0.4) is 0 Å². The van der Waals surface area contributed by atoms with E-state index in [-0.39, 0.29) is 0 Å². The van der Waals surface area contributed by atoms with Crippen molar-refractivity contribution in [1.29, 1.82) is 0 Å². The molecule has 2 aromatic carbocycles. The second kappa shape index (κ2) is 6.22. The molecule has 0 amide bonds. The summed E-state index contributed by atoms with van der Waals surface area (Å²) >= 11 is 15.5. The molecular weight excluding hydrogens is 371 g/mol. The summed E-state index contributed by atoms with van der Waals surface area (Å²) in [6, 6.07) is 13.6. The van der Waals surface area contributed by atoms with Crippen molar-refractivity contribution >= 4 is 55.7 Å². The second-order valence-corrected chi connectivity index (χ2v) is 6.38. The molecule has 0 bridgehead atoms. The third-order valence-corrected chi connectivity index (χ3v) is 4.18. The van der Waals surface area contributed by atoms with Crippen molar-refractivity contribution in [2.75, 3.05) is 5.32 Å². The van der Waals surface area contributed by atoms with E-state index in [1.807, 2.05) is 36.4 Å². The molecule has 2 nitrogen and oxygen atoms in total. The SMILES string of the molecule is Clc1ccc(CNc2cccc3cc(Br)cnc23)c(Cl)c1. The Morgan fingerprint density at radius 1 is 1.10 bits per heavy atom. The van der Waals surface area contributed by atoms with Crippen LogP contribution in [0.5, 0.6) is 0 Å². The highest BCUT2D eigenvalue weighted by molar-refractivity contribution is 9.10. The molecule has 0 fully saturated rings. The Kier molecular flexibility index (Phi) is 4.34. The largest absolute Gasteiger partial charge is 0.379 e. The first kappa shape index (κ1) is 14.6. The summed E-state index contributed by atoms with van der Waals surface area (Å²) in [5, 5.41) is 5.76. The van der Waals surface area contributed by atoms with Crippen molar-refractivity contribution in [2.45, 2.75) is 6.54 Å². The number of nitrogens with one attached hydrogen (secondary N) is 1. The lowest BCUT2D eigenvalue weighted by Crippen LogP contribution is -2.01. The topological polar surface area (TPSA) is 24.9 Å². The van der Waals surface area contributed by atoms with Gasteiger partial charge < -0.3 is 5.32 Å². The van der Waals surface area contributed by atoms with E-state index >= 15 is 0 Å². The zero-order chi connectivity index (χ0) is 14.8. The molecule has 3 aromatic rings. The Balaban J connectivity index is 1.88. The molecule has 1 aromatic heterocycles. The average molecular weight is 382 g/mol. The number of fused-ring (bicyclic) bond motifs is 1. The number of aromatic nitrogens is 1. The van der Waals surface area contributed by atoms with Crippen LogP contribution >= 0.6 is 39.1 Å². The molecule has 0 saturated carbocycles. The second-order valence-electron chi connectivity index (χ2n) is 4.62. The van der Waals surface area contributed by atoms with Gasteiger partial charge >= 0.3 is 0 Å². The fourth-order valence-corrected chi connectivity index (χ4v) is 2.96. The molecule has 1 N–H and O–H groups in total. The maximum absolute atomic E-state index is 6.19. The molecule has 1 heterocycles. The molecule has 0 radical (unpaired) electrons. The minimum absolute atomic E-state index is 0.618. The number of hydrogen-bond acceptors (Lipinski definition) is 2. The van der Waals surface area contributed by atoms with Crippen LogP contribution in [0.1, 0.15) is 5.56 Å². The highest BCUT2D eigenvalue weighted by atomic mass is 79.9. The van der Waals surface area contributed by atoms with Gasteiger partial charge in [0.25, 0.3) is 0 Å². The number of para-hydroxylation sites is 1. The molecule has 0 unspecified atom stereocenters. The van der Waals surface area contributed by atoms with Gasteiger partial charge in [-0.1, -0.05) is 41.4 Å². The predicted octanol–water partition coefficient (Wildman–Crippen LogP) is 5.92. The van der Waals surface area contributed by atoms with Crippen molar-refractivity contribution < 1.29 is 0 Å². The minimum atomic E-state index is 0.618. The van der Waals surface area contributed by atoms with Gasteiger partial charge in [0, 0.05) is 32.6 Å². The van der Waals surface area contributed by atoms with Crippen LogP contribution < -0.4 is 5.32 Å². The van der Waals surface area contributed by atoms with Crippen LogP contribution in [0.15, 0.2) is 53.1 Å². The standard InChI is InChI=1S/C16H11BrCl2N2/c17-12-6-10-2-1-3-15(16(10)21-9-12)20-8-11-4-5-13(18)7-14(11)19/h1-7,9,20H,8H2. The molecule has 0 aliphatic rings. The number of anilines is 1. The number of nitrogens with zero attached hydrogens (tertiary/aromatic N) is 1. The van der Waals surface area contributed by atoms with Gasteiger partial charge in [0.2, 0.25) is 0 Å². The fourth-order valence-electron chi connectivity index (χ4n) is 2.13. The molecule has 0 spiro atoms. The number of hydrogen-bond donors (Lipinski definition) is 1. The zero-order valence-electron chi connectivity index (χ0n) is 10.9. The van der Waals surface area contributed by atoms with Gasteiger partial charge in [0.1, 0.15) is 0 Å². The maximum atomic E-state index is 6.19. The third kappa shape index (κ3) is 3.31. The van der Waals surface area contributed by atoms with Crippen LogP contribution in [-0.4, -0.2) is 4.98 Å². The van der Waals surface area contributed by atoms with Crippen LogP contribution in [0.2, 0.25) is 10.0 Å². The normalized spacial score (nSPS) is 10.8. The highest BCUT2D eigenvalue weighted by Gasteiger charge is 2.05. The molecule has 0 aliphatic heterocycles. The lowest BCUT2D eigenvalue weighted by Gasteiger charge is -2.10. The Hall–Kier alpha value is -1.29. The van der Waals surface area contributed by atoms with Gasteiger partial charge in [-0.3, -0.25) is 4.98 Å². The molecule has 21 heavy (non-hydrogen) atoms. The number of rotatable bonds is 3. The first-order valence-electron chi connectivity index (χ1n) is 6.35. The van der Waals surface area contributed by atoms with E-state index in [0.29, 0.717) is 16.6 Å². The fraction of sp³-hybridized carbons (Fsp3) is 0.0625. The monoisotopic (exact) mass is 380 g/mol. The molecule has 0 atom stereocenters. The van der Waals surface area contributed by atoms with Crippen molar-refractivity contribution in [3.05, 3.63) is 68.7 Å². The summed E-state index contributed by atoms with van der Waals surface area (Å²) in [4.78, 5) is 4.47. The average Bonchev–Trinajstić information content (AvgIpc) is 2.46. The van der Waals surface area contributed by atoms with E-state index in [0.717, 1.165) is 26.6 Å². The smallest absolute Gasteiger partial charge is 0.0934 e. The van der Waals surface area contributed by atoms with Crippen molar-refractivity contribution in [3.63, 3.8) is 0 Å². The summed E-state index contributed by atoms with van der Waals surface area (Å²) in [6.07, 6.45) is 1.79. The predicted molar refractivity (Wildman–Crippen MR) is 93.2 cm³/mol. The lowest BCUT2D eigenvalue weighted by atomic mass is 10.1. The van der Waals surface area contributed by atoms with Gasteiger partial charge in [-0.2, -0.15) is 0 Å². The first-order valence-corrected chi connectivity index (χ1v) is 7.90. The first-order chi connectivity index (χ1) is 10.1. The summed E-state index contributed by atoms with van der Waals surface area (Å²) in [5.41, 5.74) is 2.91. The summed E-state index contributed by atoms with van der Waals surface area (Å²) < 4.78 is 0.966. The summed E-state index contributed by atoms with van der Waals surface area (Å²) in [5.74, 6) is 0. The van der Waals surface area contributed by atoms with E-state index in [4.69, 9.17) is 23.2 Å². The van der Waals surface area contributed by atoms with Gasteiger partial charge in [-0.15, -0.1) is 0 Å². The van der Waals surface area contributed by atoms with Crippen LogP contribution in [-0.2, 0) is 6.54 Å². The van der Waals surface area contributed by atoms with Crippen molar-refractivity contribution in [1.82, 2.24) is 4.98 Å². The maximum Gasteiger partial charge on any atom is 0.0934 e. The minimum Gasteiger partial charge on any atom is -0.379 e. The molecular formula is C16H11BrCl2N2. The molecule has 0 saturated heterocycles. The summed E-state index contributed by atoms with van der Waals surface area (Å²) in [6.45, 7) is 0.618. The van der Waals surface area contributed by atoms with Gasteiger partial charge in [-0.05, 0) is 45.8 Å². The Bertz CT molecular complexity index is 805. The molecule has 0 aliphatic carbocycles. The van der Waals surface area contributed by atoms with E-state index in [9.17, 15) is 0 Å². The van der Waals surface area contributed by atoms with Gasteiger partial charge in [0.05, 0.1) is 11.2 Å². The van der Waals surface area contributed by atoms with Gasteiger partial charge in [-0.25, -0.2) is 0 Å². The van der Waals surface area contributed by atoms with Crippen LogP contribution in [0.4, 0.5) is 5.69 Å². The molecule has 5 heteroatoms. The van der Waals surface area contributed by atoms with Crippen LogP contribution in [0, 0.1) is 0 Å². The lowest BCUT2D eigenvalue weighted by molar-refractivity contribution is 1.15. The zero-order valence-corrected chi connectivity index (χ0v) is 14.0. The number of pyridine rings is 1. The van der Waals surface area contributed by atoms with E-state index < -0.39 is 0 Å². The number of halogens is 3. The number of benzene rings is 2. The Labute approximate surface area is 141 Å². The van der Waals surface area contributed by atoms with Crippen LogP contribution in [0.25, 0.3) is 10.9 Å².